The van der Waals surface area contributed by atoms with E-state index >= 15 is 0 Å². The zero-order chi connectivity index (χ0) is 16.4. The molecule has 3 aromatic rings. The molecule has 0 saturated carbocycles. The minimum atomic E-state index is 0.0738. The van der Waals surface area contributed by atoms with Crippen molar-refractivity contribution in [2.75, 3.05) is 0 Å². The molecule has 0 unspecified atom stereocenters. The number of fused-ring (bicyclic) bond motifs is 5. The summed E-state index contributed by atoms with van der Waals surface area (Å²) in [6.07, 6.45) is 0. The van der Waals surface area contributed by atoms with Crippen molar-refractivity contribution in [3.8, 4) is 11.1 Å². The maximum Gasteiger partial charge on any atom is 0.0159 e. The second kappa shape index (κ2) is 4.71. The van der Waals surface area contributed by atoms with Crippen molar-refractivity contribution in [2.45, 2.75) is 46.0 Å². The first-order valence-corrected chi connectivity index (χ1v) is 8.59. The monoisotopic (exact) mass is 300 g/mol. The van der Waals surface area contributed by atoms with Crippen LogP contribution in [-0.2, 0) is 5.41 Å². The van der Waals surface area contributed by atoms with E-state index in [0.717, 1.165) is 0 Å². The summed E-state index contributed by atoms with van der Waals surface area (Å²) in [4.78, 5) is 0. The topological polar surface area (TPSA) is 0 Å². The van der Waals surface area contributed by atoms with Crippen LogP contribution in [0.1, 0.15) is 55.9 Å². The van der Waals surface area contributed by atoms with E-state index in [4.69, 9.17) is 0 Å². The van der Waals surface area contributed by atoms with Crippen LogP contribution < -0.4 is 0 Å². The molecule has 3 aromatic carbocycles. The van der Waals surface area contributed by atoms with Gasteiger partial charge in [0.15, 0.2) is 0 Å². The molecular weight excluding hydrogens is 276 g/mol. The number of rotatable bonds is 1. The smallest absolute Gasteiger partial charge is 0.0159 e. The highest BCUT2D eigenvalue weighted by Gasteiger charge is 2.37. The predicted molar refractivity (Wildman–Crippen MR) is 100 cm³/mol. The average Bonchev–Trinajstić information content (AvgIpc) is 2.75. The van der Waals surface area contributed by atoms with Crippen molar-refractivity contribution >= 4 is 10.8 Å². The lowest BCUT2D eigenvalue weighted by molar-refractivity contribution is 0.658. The first-order chi connectivity index (χ1) is 10.9. The molecule has 0 saturated heterocycles. The summed E-state index contributed by atoms with van der Waals surface area (Å²) in [5.41, 5.74) is 8.71. The van der Waals surface area contributed by atoms with Crippen LogP contribution in [-0.4, -0.2) is 0 Å². The van der Waals surface area contributed by atoms with E-state index in [1.165, 1.54) is 44.2 Å². The Hall–Kier alpha value is -2.08. The van der Waals surface area contributed by atoms with Crippen LogP contribution in [0.15, 0.2) is 48.5 Å². The van der Waals surface area contributed by atoms with Crippen LogP contribution in [0.3, 0.4) is 0 Å². The number of hydrogen-bond acceptors (Lipinski definition) is 0. The summed E-state index contributed by atoms with van der Waals surface area (Å²) < 4.78 is 0. The van der Waals surface area contributed by atoms with Gasteiger partial charge in [-0.1, -0.05) is 76.2 Å². The highest BCUT2D eigenvalue weighted by molar-refractivity contribution is 6.03. The third-order valence-corrected chi connectivity index (χ3v) is 5.58. The molecule has 0 aliphatic heterocycles. The van der Waals surface area contributed by atoms with Crippen LogP contribution in [0.5, 0.6) is 0 Å². The second-order valence-electron chi connectivity index (χ2n) is 7.75. The van der Waals surface area contributed by atoms with E-state index in [9.17, 15) is 0 Å². The van der Waals surface area contributed by atoms with Gasteiger partial charge in [0.1, 0.15) is 0 Å². The molecule has 116 valence electrons. The van der Waals surface area contributed by atoms with Gasteiger partial charge in [-0.05, 0) is 57.0 Å². The highest BCUT2D eigenvalue weighted by atomic mass is 14.4. The fraction of sp³-hybridized carbons (Fsp3) is 0.304. The van der Waals surface area contributed by atoms with Gasteiger partial charge in [0.05, 0.1) is 0 Å². The molecular formula is C23H24. The van der Waals surface area contributed by atoms with Crippen LogP contribution in [0, 0.1) is 6.92 Å². The molecule has 0 heterocycles. The fourth-order valence-electron chi connectivity index (χ4n) is 4.14. The Morgan fingerprint density at radius 2 is 1.52 bits per heavy atom. The Bertz CT molecular complexity index is 926. The Morgan fingerprint density at radius 1 is 0.826 bits per heavy atom. The first-order valence-electron chi connectivity index (χ1n) is 8.59. The number of hydrogen-bond donors (Lipinski definition) is 0. The van der Waals surface area contributed by atoms with Gasteiger partial charge >= 0.3 is 0 Å². The van der Waals surface area contributed by atoms with Crippen molar-refractivity contribution in [3.63, 3.8) is 0 Å². The summed E-state index contributed by atoms with van der Waals surface area (Å²) in [7, 11) is 0. The van der Waals surface area contributed by atoms with Crippen LogP contribution in [0.4, 0.5) is 0 Å². The van der Waals surface area contributed by atoms with E-state index in [1.54, 1.807) is 0 Å². The molecule has 0 N–H and O–H groups in total. The fourth-order valence-corrected chi connectivity index (χ4v) is 4.14. The minimum Gasteiger partial charge on any atom is -0.0616 e. The molecule has 1 aliphatic carbocycles. The molecule has 4 rings (SSSR count). The minimum absolute atomic E-state index is 0.0738. The SMILES string of the molecule is Cc1cc2c(c3ccccc13)-c1ccc(C(C)C)cc1C2(C)C. The molecule has 0 radical (unpaired) electrons. The van der Waals surface area contributed by atoms with Gasteiger partial charge in [0.25, 0.3) is 0 Å². The molecule has 0 spiro atoms. The maximum absolute atomic E-state index is 2.43. The standard InChI is InChI=1S/C23H24/c1-14(2)16-10-11-19-20(13-16)23(4,5)21-12-15(3)17-8-6-7-9-18(17)22(19)21/h6-14H,1-5H3. The van der Waals surface area contributed by atoms with Gasteiger partial charge < -0.3 is 0 Å². The Morgan fingerprint density at radius 3 is 2.22 bits per heavy atom. The number of benzene rings is 3. The molecule has 0 amide bonds. The average molecular weight is 300 g/mol. The molecule has 0 aromatic heterocycles. The van der Waals surface area contributed by atoms with Crippen LogP contribution in [0.25, 0.3) is 21.9 Å². The lowest BCUT2D eigenvalue weighted by atomic mass is 9.80. The number of aryl methyl sites for hydroxylation is 1. The van der Waals surface area contributed by atoms with Gasteiger partial charge in [-0.15, -0.1) is 0 Å². The predicted octanol–water partition coefficient (Wildman–Crippen LogP) is 6.58. The molecule has 0 heteroatoms. The van der Waals surface area contributed by atoms with Crippen molar-refractivity contribution in [1.82, 2.24) is 0 Å². The van der Waals surface area contributed by atoms with Crippen LogP contribution >= 0.6 is 0 Å². The van der Waals surface area contributed by atoms with Gasteiger partial charge in [0, 0.05) is 5.41 Å². The van der Waals surface area contributed by atoms with E-state index in [2.05, 4.69) is 83.1 Å². The van der Waals surface area contributed by atoms with Gasteiger partial charge in [0.2, 0.25) is 0 Å². The van der Waals surface area contributed by atoms with Crippen LogP contribution in [0.2, 0.25) is 0 Å². The van der Waals surface area contributed by atoms with Crippen molar-refractivity contribution in [3.05, 3.63) is 70.8 Å². The summed E-state index contributed by atoms with van der Waals surface area (Å²) in [5.74, 6) is 0.568. The molecule has 23 heavy (non-hydrogen) atoms. The first kappa shape index (κ1) is 14.5. The van der Waals surface area contributed by atoms with Crippen molar-refractivity contribution in [1.29, 1.82) is 0 Å². The Balaban J connectivity index is 2.13. The Kier molecular flexibility index (Phi) is 2.97. The molecule has 0 atom stereocenters. The van der Waals surface area contributed by atoms with Crippen molar-refractivity contribution in [2.24, 2.45) is 0 Å². The lowest BCUT2D eigenvalue weighted by Gasteiger charge is -2.23. The maximum atomic E-state index is 2.43. The summed E-state index contributed by atoms with van der Waals surface area (Å²) >= 11 is 0. The summed E-state index contributed by atoms with van der Waals surface area (Å²) in [6.45, 7) is 11.5. The highest BCUT2D eigenvalue weighted by Crippen LogP contribution is 2.52. The zero-order valence-corrected chi connectivity index (χ0v) is 14.7. The van der Waals surface area contributed by atoms with Gasteiger partial charge in [-0.2, -0.15) is 0 Å². The molecule has 1 aliphatic rings. The Labute approximate surface area is 139 Å². The third-order valence-electron chi connectivity index (χ3n) is 5.58. The van der Waals surface area contributed by atoms with Crippen molar-refractivity contribution < 1.29 is 0 Å². The van der Waals surface area contributed by atoms with Gasteiger partial charge in [-0.3, -0.25) is 0 Å². The van der Waals surface area contributed by atoms with E-state index in [1.807, 2.05) is 0 Å². The molecule has 0 nitrogen and oxygen atoms in total. The summed E-state index contributed by atoms with van der Waals surface area (Å²) in [5, 5.41) is 2.77. The zero-order valence-electron chi connectivity index (χ0n) is 14.7. The van der Waals surface area contributed by atoms with Gasteiger partial charge in [-0.25, -0.2) is 0 Å². The van der Waals surface area contributed by atoms with E-state index in [-0.39, 0.29) is 5.41 Å². The molecule has 0 bridgehead atoms. The van der Waals surface area contributed by atoms with E-state index in [0.29, 0.717) is 5.92 Å². The molecule has 0 fully saturated rings. The third kappa shape index (κ3) is 1.91. The lowest BCUT2D eigenvalue weighted by Crippen LogP contribution is -2.15. The largest absolute Gasteiger partial charge is 0.0616 e. The normalized spacial score (nSPS) is 15.0. The quantitative estimate of drug-likeness (QED) is 0.476. The summed E-state index contributed by atoms with van der Waals surface area (Å²) in [6, 6.07) is 18.3. The second-order valence-corrected chi connectivity index (χ2v) is 7.75. The van der Waals surface area contributed by atoms with E-state index < -0.39 is 0 Å².